The summed E-state index contributed by atoms with van der Waals surface area (Å²) in [7, 11) is 0. The quantitative estimate of drug-likeness (QED) is 0.343. The van der Waals surface area contributed by atoms with Crippen molar-refractivity contribution in [2.75, 3.05) is 32.8 Å². The van der Waals surface area contributed by atoms with Gasteiger partial charge in [-0.3, -0.25) is 19.2 Å². The Morgan fingerprint density at radius 3 is 2.67 bits per heavy atom. The largest absolute Gasteiger partial charge is 0.379 e. The molecule has 0 atom stereocenters. The summed E-state index contributed by atoms with van der Waals surface area (Å²) >= 11 is 1.67. The number of benzene rings is 1. The lowest BCUT2D eigenvalue weighted by atomic mass is 9.99. The van der Waals surface area contributed by atoms with Crippen LogP contribution in [0.25, 0.3) is 21.3 Å². The molecule has 1 aliphatic heterocycles. The van der Waals surface area contributed by atoms with Gasteiger partial charge in [0.05, 0.1) is 41.2 Å². The maximum Gasteiger partial charge on any atom is 0.253 e. The van der Waals surface area contributed by atoms with Gasteiger partial charge in [-0.1, -0.05) is 13.8 Å². The van der Waals surface area contributed by atoms with E-state index in [0.29, 0.717) is 11.1 Å². The van der Waals surface area contributed by atoms with Crippen LogP contribution in [0.4, 0.5) is 0 Å². The number of ether oxygens (including phenoxy) is 1. The highest BCUT2D eigenvalue weighted by atomic mass is 32.1. The normalized spacial score (nSPS) is 14.4. The van der Waals surface area contributed by atoms with E-state index in [4.69, 9.17) is 9.72 Å². The first-order valence-corrected chi connectivity index (χ1v) is 14.3. The average molecular weight is 549 g/mol. The first-order chi connectivity index (χ1) is 18.7. The summed E-state index contributed by atoms with van der Waals surface area (Å²) in [6.45, 7) is 15.2. The number of thiazole rings is 1. The van der Waals surface area contributed by atoms with E-state index in [-0.39, 0.29) is 23.9 Å². The number of morpholine rings is 1. The Bertz CT molecular complexity index is 1560. The molecule has 2 N–H and O–H groups in total. The Morgan fingerprint density at radius 1 is 1.18 bits per heavy atom. The van der Waals surface area contributed by atoms with Crippen LogP contribution in [0, 0.1) is 20.8 Å². The van der Waals surface area contributed by atoms with Crippen molar-refractivity contribution in [3.63, 3.8) is 0 Å². The molecule has 0 unspecified atom stereocenters. The number of pyridine rings is 1. The first kappa shape index (κ1) is 27.2. The maximum atomic E-state index is 13.5. The van der Waals surface area contributed by atoms with Crippen LogP contribution in [0.15, 0.2) is 29.3 Å². The molecule has 206 valence electrons. The van der Waals surface area contributed by atoms with Crippen molar-refractivity contribution in [1.29, 1.82) is 0 Å². The van der Waals surface area contributed by atoms with Gasteiger partial charge in [-0.25, -0.2) is 4.98 Å². The average Bonchev–Trinajstić information content (AvgIpc) is 3.56. The molecule has 1 aliphatic rings. The first-order valence-electron chi connectivity index (χ1n) is 13.5. The van der Waals surface area contributed by atoms with Crippen molar-refractivity contribution in [3.05, 3.63) is 67.8 Å². The number of aryl methyl sites for hydroxylation is 3. The van der Waals surface area contributed by atoms with Gasteiger partial charge in [0.15, 0.2) is 0 Å². The summed E-state index contributed by atoms with van der Waals surface area (Å²) < 4.78 is 8.48. The van der Waals surface area contributed by atoms with Gasteiger partial charge in [0.2, 0.25) is 0 Å². The number of rotatable bonds is 8. The van der Waals surface area contributed by atoms with E-state index in [1.54, 1.807) is 11.3 Å². The molecular weight excluding hydrogens is 512 g/mol. The van der Waals surface area contributed by atoms with E-state index in [9.17, 15) is 9.59 Å². The van der Waals surface area contributed by atoms with Crippen molar-refractivity contribution in [2.24, 2.45) is 0 Å². The summed E-state index contributed by atoms with van der Waals surface area (Å²) in [5, 5.41) is 8.64. The molecule has 9 nitrogen and oxygen atoms in total. The zero-order valence-electron chi connectivity index (χ0n) is 23.3. The standard InChI is InChI=1S/C29H36N6O3S/c1-17(2)29-33-25-20(5)22(27(36)30-15-24-18(3)12-19(4)32-28(24)37)13-23(26(25)39-29)21-14-31-35(16-21)7-6-34-8-10-38-11-9-34/h12-14,16-17H,6-11,15H2,1-5H3,(H,30,36)(H,32,37). The number of aromatic nitrogens is 4. The summed E-state index contributed by atoms with van der Waals surface area (Å²) in [6, 6.07) is 3.86. The number of amides is 1. The van der Waals surface area contributed by atoms with Crippen LogP contribution >= 0.6 is 11.3 Å². The van der Waals surface area contributed by atoms with Crippen molar-refractivity contribution in [1.82, 2.24) is 30.0 Å². The molecule has 1 aromatic carbocycles. The number of hydrogen-bond acceptors (Lipinski definition) is 7. The zero-order chi connectivity index (χ0) is 27.7. The van der Waals surface area contributed by atoms with Crippen LogP contribution in [-0.2, 0) is 17.8 Å². The number of carbonyl (C=O) groups excluding carboxylic acids is 1. The van der Waals surface area contributed by atoms with Gasteiger partial charge >= 0.3 is 0 Å². The number of carbonyl (C=O) groups is 1. The van der Waals surface area contributed by atoms with E-state index >= 15 is 0 Å². The number of nitrogens with zero attached hydrogens (tertiary/aromatic N) is 4. The Kier molecular flexibility index (Phi) is 7.97. The molecule has 0 spiro atoms. The number of nitrogens with one attached hydrogen (secondary N) is 2. The molecule has 5 rings (SSSR count). The third-order valence-corrected chi connectivity index (χ3v) is 8.68. The Hall–Kier alpha value is -3.34. The number of fused-ring (bicyclic) bond motifs is 1. The van der Waals surface area contributed by atoms with Gasteiger partial charge in [-0.05, 0) is 44.0 Å². The summed E-state index contributed by atoms with van der Waals surface area (Å²) in [5.41, 5.74) is 6.19. The zero-order valence-corrected chi connectivity index (χ0v) is 24.1. The lowest BCUT2D eigenvalue weighted by Gasteiger charge is -2.26. The lowest BCUT2D eigenvalue weighted by molar-refractivity contribution is 0.0360. The molecule has 0 saturated carbocycles. The Morgan fingerprint density at radius 2 is 1.95 bits per heavy atom. The van der Waals surface area contributed by atoms with Gasteiger partial charge in [0.1, 0.15) is 0 Å². The van der Waals surface area contributed by atoms with Crippen LogP contribution in [0.1, 0.15) is 57.5 Å². The van der Waals surface area contributed by atoms with Gasteiger partial charge in [0.25, 0.3) is 11.5 Å². The topological polar surface area (TPSA) is 105 Å². The molecule has 39 heavy (non-hydrogen) atoms. The number of aromatic amines is 1. The predicted molar refractivity (Wildman–Crippen MR) is 155 cm³/mol. The van der Waals surface area contributed by atoms with Crippen LogP contribution in [0.5, 0.6) is 0 Å². The monoisotopic (exact) mass is 548 g/mol. The Balaban J connectivity index is 1.46. The van der Waals surface area contributed by atoms with E-state index < -0.39 is 0 Å². The molecule has 1 fully saturated rings. The highest BCUT2D eigenvalue weighted by Gasteiger charge is 2.21. The minimum atomic E-state index is -0.228. The Labute approximate surface area is 232 Å². The van der Waals surface area contributed by atoms with Gasteiger partial charge in [0, 0.05) is 66.2 Å². The third-order valence-electron chi connectivity index (χ3n) is 7.29. The molecule has 4 heterocycles. The minimum absolute atomic E-state index is 0.154. The smallest absolute Gasteiger partial charge is 0.253 e. The number of hydrogen-bond donors (Lipinski definition) is 2. The minimum Gasteiger partial charge on any atom is -0.379 e. The molecule has 10 heteroatoms. The van der Waals surface area contributed by atoms with Gasteiger partial charge < -0.3 is 15.0 Å². The molecule has 3 aromatic heterocycles. The summed E-state index contributed by atoms with van der Waals surface area (Å²) in [6.07, 6.45) is 3.92. The maximum absolute atomic E-state index is 13.5. The van der Waals surface area contributed by atoms with Crippen LogP contribution < -0.4 is 10.9 Å². The molecule has 0 aliphatic carbocycles. The van der Waals surface area contributed by atoms with E-state index in [1.165, 1.54) is 0 Å². The predicted octanol–water partition coefficient (Wildman–Crippen LogP) is 4.16. The van der Waals surface area contributed by atoms with E-state index in [1.807, 2.05) is 43.8 Å². The highest BCUT2D eigenvalue weighted by Crippen LogP contribution is 2.38. The second-order valence-electron chi connectivity index (χ2n) is 10.6. The van der Waals surface area contributed by atoms with Crippen LogP contribution in [-0.4, -0.2) is 63.4 Å². The summed E-state index contributed by atoms with van der Waals surface area (Å²) in [4.78, 5) is 36.1. The van der Waals surface area contributed by atoms with Gasteiger partial charge in [-0.2, -0.15) is 5.10 Å². The molecule has 1 amide bonds. The molecular formula is C29H36N6O3S. The van der Waals surface area contributed by atoms with Crippen LogP contribution in [0.2, 0.25) is 0 Å². The van der Waals surface area contributed by atoms with E-state index in [0.717, 1.165) is 82.6 Å². The lowest BCUT2D eigenvalue weighted by Crippen LogP contribution is -2.38. The second kappa shape index (κ2) is 11.4. The fraction of sp³-hybridized carbons (Fsp3) is 0.448. The highest BCUT2D eigenvalue weighted by molar-refractivity contribution is 7.19. The SMILES string of the molecule is Cc1cc(C)c(CNC(=O)c2cc(-c3cnn(CCN4CCOCC4)c3)c3sc(C(C)C)nc3c2C)c(=O)[nH]1. The van der Waals surface area contributed by atoms with Crippen molar-refractivity contribution in [3.8, 4) is 11.1 Å². The van der Waals surface area contributed by atoms with Crippen LogP contribution in [0.3, 0.4) is 0 Å². The molecule has 4 aromatic rings. The molecule has 1 saturated heterocycles. The molecule has 0 radical (unpaired) electrons. The number of H-pyrrole nitrogens is 1. The van der Waals surface area contributed by atoms with E-state index in [2.05, 4.69) is 40.3 Å². The second-order valence-corrected chi connectivity index (χ2v) is 11.6. The van der Waals surface area contributed by atoms with Gasteiger partial charge in [-0.15, -0.1) is 11.3 Å². The fourth-order valence-electron chi connectivity index (χ4n) is 4.98. The summed E-state index contributed by atoms with van der Waals surface area (Å²) in [5.74, 6) is 0.0493. The third kappa shape index (κ3) is 5.83. The fourth-order valence-corrected chi connectivity index (χ4v) is 6.14. The van der Waals surface area contributed by atoms with Crippen molar-refractivity contribution in [2.45, 2.75) is 53.6 Å². The van der Waals surface area contributed by atoms with Crippen molar-refractivity contribution >= 4 is 27.5 Å². The molecule has 0 bridgehead atoms. The van der Waals surface area contributed by atoms with Crippen molar-refractivity contribution < 1.29 is 9.53 Å².